The minimum absolute atomic E-state index is 0.128. The summed E-state index contributed by atoms with van der Waals surface area (Å²) in [5.41, 5.74) is 0.813. The highest BCUT2D eigenvalue weighted by molar-refractivity contribution is 5.81. The average molecular weight is 237 g/mol. The zero-order chi connectivity index (χ0) is 12.7. The van der Waals surface area contributed by atoms with E-state index in [0.29, 0.717) is 6.29 Å². The normalized spacial score (nSPS) is 13.8. The van der Waals surface area contributed by atoms with Crippen molar-refractivity contribution < 1.29 is 19.8 Å². The van der Waals surface area contributed by atoms with E-state index in [9.17, 15) is 14.7 Å². The molecule has 1 aromatic rings. The molecule has 1 aromatic carbocycles. The van der Waals surface area contributed by atoms with Crippen molar-refractivity contribution in [2.45, 2.75) is 18.6 Å². The number of amides is 1. The number of hydrogen-bond donors (Lipinski definition) is 3. The first kappa shape index (κ1) is 13.3. The fraction of sp³-hybridized carbons (Fsp3) is 0.333. The van der Waals surface area contributed by atoms with Crippen LogP contribution in [0.2, 0.25) is 0 Å². The smallest absolute Gasteiger partial charge is 0.225 e. The Morgan fingerprint density at radius 2 is 2.00 bits per heavy atom. The van der Waals surface area contributed by atoms with Crippen LogP contribution in [0.3, 0.4) is 0 Å². The van der Waals surface area contributed by atoms with Crippen molar-refractivity contribution in [2.24, 2.45) is 0 Å². The van der Waals surface area contributed by atoms with Gasteiger partial charge in [0, 0.05) is 0 Å². The Labute approximate surface area is 99.1 Å². The second kappa shape index (κ2) is 6.78. The van der Waals surface area contributed by atoms with E-state index in [1.165, 1.54) is 0 Å². The summed E-state index contributed by atoms with van der Waals surface area (Å²) in [6, 6.07) is 7.96. The van der Waals surface area contributed by atoms with Crippen LogP contribution in [0.25, 0.3) is 0 Å². The molecule has 0 aliphatic heterocycles. The van der Waals surface area contributed by atoms with Gasteiger partial charge in [0.1, 0.15) is 18.4 Å². The van der Waals surface area contributed by atoms with Crippen molar-refractivity contribution in [1.82, 2.24) is 5.32 Å². The van der Waals surface area contributed by atoms with Gasteiger partial charge in [-0.2, -0.15) is 0 Å². The molecule has 0 bridgehead atoms. The zero-order valence-electron chi connectivity index (χ0n) is 9.24. The van der Waals surface area contributed by atoms with E-state index in [-0.39, 0.29) is 12.3 Å². The van der Waals surface area contributed by atoms with Crippen LogP contribution in [0.1, 0.15) is 5.56 Å². The first-order chi connectivity index (χ1) is 8.17. The molecule has 0 aliphatic rings. The molecule has 0 aliphatic carbocycles. The molecular weight excluding hydrogens is 222 g/mol. The Kier molecular flexibility index (Phi) is 5.32. The number of aliphatic hydroxyl groups is 2. The lowest BCUT2D eigenvalue weighted by Gasteiger charge is -2.16. The van der Waals surface area contributed by atoms with Crippen LogP contribution in [0.15, 0.2) is 30.3 Å². The highest BCUT2D eigenvalue weighted by atomic mass is 16.3. The lowest BCUT2D eigenvalue weighted by molar-refractivity contribution is -0.125. The number of rotatable bonds is 6. The molecule has 0 aromatic heterocycles. The average Bonchev–Trinajstić information content (AvgIpc) is 2.36. The lowest BCUT2D eigenvalue weighted by Crippen LogP contribution is -2.46. The molecule has 0 heterocycles. The van der Waals surface area contributed by atoms with E-state index in [1.807, 2.05) is 18.2 Å². The highest BCUT2D eigenvalue weighted by Gasteiger charge is 2.19. The molecule has 0 saturated heterocycles. The fourth-order valence-electron chi connectivity index (χ4n) is 1.35. The van der Waals surface area contributed by atoms with Crippen molar-refractivity contribution in [3.05, 3.63) is 35.9 Å². The monoisotopic (exact) mass is 237 g/mol. The van der Waals surface area contributed by atoms with E-state index < -0.39 is 18.8 Å². The van der Waals surface area contributed by atoms with Crippen LogP contribution in [0, 0.1) is 0 Å². The van der Waals surface area contributed by atoms with Gasteiger partial charge >= 0.3 is 0 Å². The summed E-state index contributed by atoms with van der Waals surface area (Å²) < 4.78 is 0. The molecule has 1 rings (SSSR count). The lowest BCUT2D eigenvalue weighted by atomic mass is 10.1. The standard InChI is InChI=1S/C12H15NO4/c14-7-10(11(16)8-15)13-12(17)6-9-4-2-1-3-5-9/h1-5,7,10-11,15-16H,6,8H2,(H,13,17)/t10-,11+/m0/s1. The minimum Gasteiger partial charge on any atom is -0.394 e. The van der Waals surface area contributed by atoms with E-state index in [1.54, 1.807) is 12.1 Å². The Morgan fingerprint density at radius 1 is 1.35 bits per heavy atom. The molecule has 92 valence electrons. The predicted molar refractivity (Wildman–Crippen MR) is 61.2 cm³/mol. The Bertz CT molecular complexity index is 366. The summed E-state index contributed by atoms with van der Waals surface area (Å²) >= 11 is 0. The van der Waals surface area contributed by atoms with Crippen LogP contribution in [-0.4, -0.2) is 41.2 Å². The number of carbonyl (C=O) groups excluding carboxylic acids is 2. The number of benzene rings is 1. The first-order valence-electron chi connectivity index (χ1n) is 5.25. The quantitative estimate of drug-likeness (QED) is 0.569. The van der Waals surface area contributed by atoms with Crippen molar-refractivity contribution in [1.29, 1.82) is 0 Å². The molecule has 5 nitrogen and oxygen atoms in total. The maximum atomic E-state index is 11.5. The van der Waals surface area contributed by atoms with Crippen LogP contribution < -0.4 is 5.32 Å². The molecule has 2 atom stereocenters. The summed E-state index contributed by atoms with van der Waals surface area (Å²) in [4.78, 5) is 22.1. The van der Waals surface area contributed by atoms with Crippen molar-refractivity contribution in [3.63, 3.8) is 0 Å². The molecule has 0 unspecified atom stereocenters. The van der Waals surface area contributed by atoms with Gasteiger partial charge in [-0.25, -0.2) is 0 Å². The summed E-state index contributed by atoms with van der Waals surface area (Å²) in [7, 11) is 0. The van der Waals surface area contributed by atoms with Crippen LogP contribution in [-0.2, 0) is 16.0 Å². The minimum atomic E-state index is -1.27. The van der Waals surface area contributed by atoms with Crippen LogP contribution in [0.5, 0.6) is 0 Å². The Hall–Kier alpha value is -1.72. The Morgan fingerprint density at radius 3 is 2.53 bits per heavy atom. The van der Waals surface area contributed by atoms with Crippen molar-refractivity contribution >= 4 is 12.2 Å². The van der Waals surface area contributed by atoms with E-state index in [2.05, 4.69) is 5.32 Å². The third kappa shape index (κ3) is 4.34. The number of aliphatic hydroxyl groups excluding tert-OH is 2. The first-order valence-corrected chi connectivity index (χ1v) is 5.25. The van der Waals surface area contributed by atoms with Gasteiger partial charge in [0.05, 0.1) is 13.0 Å². The van der Waals surface area contributed by atoms with Gasteiger partial charge < -0.3 is 20.3 Å². The topological polar surface area (TPSA) is 86.6 Å². The maximum absolute atomic E-state index is 11.5. The second-order valence-corrected chi connectivity index (χ2v) is 3.64. The number of nitrogens with one attached hydrogen (secondary N) is 1. The van der Waals surface area contributed by atoms with Gasteiger partial charge in [-0.1, -0.05) is 30.3 Å². The SMILES string of the molecule is O=C[C@H](NC(=O)Cc1ccccc1)[C@H](O)CO. The molecular formula is C12H15NO4. The molecule has 1 amide bonds. The van der Waals surface area contributed by atoms with Gasteiger partial charge in [0.15, 0.2) is 0 Å². The Balaban J connectivity index is 2.51. The summed E-state index contributed by atoms with van der Waals surface area (Å²) in [6.45, 7) is -0.574. The molecule has 0 radical (unpaired) electrons. The van der Waals surface area contributed by atoms with Gasteiger partial charge in [0.2, 0.25) is 5.91 Å². The fourth-order valence-corrected chi connectivity index (χ4v) is 1.35. The third-order valence-electron chi connectivity index (χ3n) is 2.28. The maximum Gasteiger partial charge on any atom is 0.225 e. The summed E-state index contributed by atoms with van der Waals surface area (Å²) in [6.07, 6.45) is -0.736. The van der Waals surface area contributed by atoms with Crippen LogP contribution >= 0.6 is 0 Å². The van der Waals surface area contributed by atoms with Gasteiger partial charge in [-0.05, 0) is 5.56 Å². The number of hydrogen-bond acceptors (Lipinski definition) is 4. The van der Waals surface area contributed by atoms with E-state index in [4.69, 9.17) is 5.11 Å². The molecule has 17 heavy (non-hydrogen) atoms. The zero-order valence-corrected chi connectivity index (χ0v) is 9.24. The van der Waals surface area contributed by atoms with Gasteiger partial charge in [0.25, 0.3) is 0 Å². The van der Waals surface area contributed by atoms with Gasteiger partial charge in [-0.3, -0.25) is 4.79 Å². The van der Waals surface area contributed by atoms with Crippen LogP contribution in [0.4, 0.5) is 0 Å². The number of aldehydes is 1. The molecule has 0 spiro atoms. The second-order valence-electron chi connectivity index (χ2n) is 3.64. The van der Waals surface area contributed by atoms with Crippen molar-refractivity contribution in [2.75, 3.05) is 6.61 Å². The molecule has 3 N–H and O–H groups in total. The van der Waals surface area contributed by atoms with E-state index in [0.717, 1.165) is 5.56 Å². The number of carbonyl (C=O) groups is 2. The third-order valence-corrected chi connectivity index (χ3v) is 2.28. The molecule has 5 heteroatoms. The molecule has 0 saturated carbocycles. The van der Waals surface area contributed by atoms with Crippen molar-refractivity contribution in [3.8, 4) is 0 Å². The summed E-state index contributed by atoms with van der Waals surface area (Å²) in [5.74, 6) is -0.374. The summed E-state index contributed by atoms with van der Waals surface area (Å²) in [5, 5.41) is 20.3. The van der Waals surface area contributed by atoms with Gasteiger partial charge in [-0.15, -0.1) is 0 Å². The predicted octanol–water partition coefficient (Wildman–Crippen LogP) is -0.734. The highest BCUT2D eigenvalue weighted by Crippen LogP contribution is 2.00. The van der Waals surface area contributed by atoms with E-state index >= 15 is 0 Å². The largest absolute Gasteiger partial charge is 0.394 e. The molecule has 0 fully saturated rings.